The molecule has 0 saturated carbocycles. The molecular weight excluding hydrogens is 454 g/mol. The Hall–Kier alpha value is -3.84. The summed E-state index contributed by atoms with van der Waals surface area (Å²) in [6.45, 7) is 4.83. The molecule has 1 aliphatic rings. The third-order valence-corrected chi connectivity index (χ3v) is 6.71. The highest BCUT2D eigenvalue weighted by atomic mass is 16.5. The molecular formula is C29H31N3O4. The lowest BCUT2D eigenvalue weighted by molar-refractivity contribution is 0.0487. The van der Waals surface area contributed by atoms with Crippen molar-refractivity contribution in [3.63, 3.8) is 0 Å². The molecule has 1 saturated heterocycles. The Morgan fingerprint density at radius 2 is 1.86 bits per heavy atom. The SMILES string of the molecule is CCOc1ccc(C2(CNC(=O)c3cccc(OCc4cn5ccccc5n4)c3)CCOCC2)cc1. The van der Waals surface area contributed by atoms with Crippen LogP contribution in [0.15, 0.2) is 79.1 Å². The lowest BCUT2D eigenvalue weighted by Gasteiger charge is -2.38. The predicted octanol–water partition coefficient (Wildman–Crippen LogP) is 4.79. The van der Waals surface area contributed by atoms with E-state index in [9.17, 15) is 4.79 Å². The normalized spacial score (nSPS) is 14.9. The Bertz CT molecular complexity index is 1280. The maximum atomic E-state index is 13.1. The Labute approximate surface area is 211 Å². The van der Waals surface area contributed by atoms with Crippen LogP contribution in [0.3, 0.4) is 0 Å². The fraction of sp³-hybridized carbons (Fsp3) is 0.310. The van der Waals surface area contributed by atoms with Gasteiger partial charge in [-0.1, -0.05) is 24.3 Å². The minimum absolute atomic E-state index is 0.120. The van der Waals surface area contributed by atoms with E-state index in [1.807, 2.05) is 66.2 Å². The van der Waals surface area contributed by atoms with E-state index in [2.05, 4.69) is 22.4 Å². The minimum Gasteiger partial charge on any atom is -0.494 e. The van der Waals surface area contributed by atoms with Crippen molar-refractivity contribution in [1.29, 1.82) is 0 Å². The van der Waals surface area contributed by atoms with Gasteiger partial charge in [0.15, 0.2) is 0 Å². The van der Waals surface area contributed by atoms with Gasteiger partial charge < -0.3 is 23.9 Å². The maximum Gasteiger partial charge on any atom is 0.251 e. The first-order chi connectivity index (χ1) is 17.6. The summed E-state index contributed by atoms with van der Waals surface area (Å²) in [5, 5.41) is 3.17. The average Bonchev–Trinajstić information content (AvgIpc) is 3.35. The number of carbonyl (C=O) groups excluding carboxylic acids is 1. The van der Waals surface area contributed by atoms with E-state index in [-0.39, 0.29) is 11.3 Å². The highest BCUT2D eigenvalue weighted by molar-refractivity contribution is 5.94. The smallest absolute Gasteiger partial charge is 0.251 e. The largest absolute Gasteiger partial charge is 0.494 e. The van der Waals surface area contributed by atoms with Crippen LogP contribution in [0, 0.1) is 0 Å². The summed E-state index contributed by atoms with van der Waals surface area (Å²) in [6, 6.07) is 21.4. The molecule has 5 rings (SSSR count). The van der Waals surface area contributed by atoms with Gasteiger partial charge in [0.2, 0.25) is 0 Å². The average molecular weight is 486 g/mol. The van der Waals surface area contributed by atoms with Crippen molar-refractivity contribution in [1.82, 2.24) is 14.7 Å². The van der Waals surface area contributed by atoms with Gasteiger partial charge in [-0.15, -0.1) is 0 Å². The van der Waals surface area contributed by atoms with Crippen molar-refractivity contribution in [2.24, 2.45) is 0 Å². The summed E-state index contributed by atoms with van der Waals surface area (Å²) in [5.41, 5.74) is 3.29. The fourth-order valence-corrected chi connectivity index (χ4v) is 4.69. The summed E-state index contributed by atoms with van der Waals surface area (Å²) in [4.78, 5) is 17.7. The van der Waals surface area contributed by atoms with E-state index in [1.54, 1.807) is 12.1 Å². The molecule has 0 unspecified atom stereocenters. The molecule has 1 aliphatic heterocycles. The first kappa shape index (κ1) is 23.9. The van der Waals surface area contributed by atoms with Gasteiger partial charge in [0, 0.05) is 43.1 Å². The van der Waals surface area contributed by atoms with E-state index in [1.165, 1.54) is 5.56 Å². The molecule has 3 heterocycles. The Morgan fingerprint density at radius 3 is 2.64 bits per heavy atom. The topological polar surface area (TPSA) is 74.1 Å². The molecule has 0 aliphatic carbocycles. The molecule has 1 fully saturated rings. The van der Waals surface area contributed by atoms with Gasteiger partial charge in [-0.2, -0.15) is 0 Å². The van der Waals surface area contributed by atoms with Gasteiger partial charge in [-0.3, -0.25) is 4.79 Å². The zero-order chi connectivity index (χ0) is 24.8. The van der Waals surface area contributed by atoms with E-state index < -0.39 is 0 Å². The van der Waals surface area contributed by atoms with Gasteiger partial charge in [0.1, 0.15) is 23.8 Å². The second-order valence-electron chi connectivity index (χ2n) is 9.05. The number of carbonyl (C=O) groups is 1. The van der Waals surface area contributed by atoms with Crippen molar-refractivity contribution in [2.45, 2.75) is 31.8 Å². The van der Waals surface area contributed by atoms with Crippen LogP contribution in [0.1, 0.15) is 41.4 Å². The first-order valence-electron chi connectivity index (χ1n) is 12.4. The number of aromatic nitrogens is 2. The van der Waals surface area contributed by atoms with Crippen LogP contribution < -0.4 is 14.8 Å². The number of nitrogens with zero attached hydrogens (tertiary/aromatic N) is 2. The number of benzene rings is 2. The van der Waals surface area contributed by atoms with E-state index in [4.69, 9.17) is 14.2 Å². The Balaban J connectivity index is 1.24. The van der Waals surface area contributed by atoms with Crippen LogP contribution in [-0.2, 0) is 16.8 Å². The number of fused-ring (bicyclic) bond motifs is 1. The van der Waals surface area contributed by atoms with Crippen LogP contribution in [0.25, 0.3) is 5.65 Å². The third-order valence-electron chi connectivity index (χ3n) is 6.71. The Kier molecular flexibility index (Phi) is 7.18. The number of ether oxygens (including phenoxy) is 3. The molecule has 0 radical (unpaired) electrons. The quantitative estimate of drug-likeness (QED) is 0.369. The number of imidazole rings is 1. The molecule has 1 N–H and O–H groups in total. The number of hydrogen-bond acceptors (Lipinski definition) is 5. The van der Waals surface area contributed by atoms with Gasteiger partial charge in [-0.25, -0.2) is 4.98 Å². The van der Waals surface area contributed by atoms with E-state index in [0.29, 0.717) is 44.3 Å². The van der Waals surface area contributed by atoms with Crippen molar-refractivity contribution < 1.29 is 19.0 Å². The highest BCUT2D eigenvalue weighted by Gasteiger charge is 2.35. The van der Waals surface area contributed by atoms with Crippen LogP contribution in [0.5, 0.6) is 11.5 Å². The summed E-state index contributed by atoms with van der Waals surface area (Å²) in [5.74, 6) is 1.37. The van der Waals surface area contributed by atoms with E-state index >= 15 is 0 Å². The monoisotopic (exact) mass is 485 g/mol. The zero-order valence-corrected chi connectivity index (χ0v) is 20.5. The third kappa shape index (κ3) is 5.36. The Morgan fingerprint density at radius 1 is 1.03 bits per heavy atom. The van der Waals surface area contributed by atoms with Crippen LogP contribution in [0.2, 0.25) is 0 Å². The number of rotatable bonds is 9. The lowest BCUT2D eigenvalue weighted by Crippen LogP contribution is -2.44. The molecule has 7 nitrogen and oxygen atoms in total. The maximum absolute atomic E-state index is 13.1. The van der Waals surface area contributed by atoms with Crippen LogP contribution in [0.4, 0.5) is 0 Å². The van der Waals surface area contributed by atoms with Gasteiger partial charge in [0.25, 0.3) is 5.91 Å². The molecule has 0 spiro atoms. The summed E-state index contributed by atoms with van der Waals surface area (Å²) < 4.78 is 19.1. The standard InChI is InChI=1S/C29H31N3O4/c1-2-35-25-11-9-23(10-12-25)29(13-16-34-17-14-29)21-30-28(33)22-6-5-7-26(18-22)36-20-24-19-32-15-4-3-8-27(32)31-24/h3-12,15,18-19H,2,13-14,16-17,20-21H2,1H3,(H,30,33). The summed E-state index contributed by atoms with van der Waals surface area (Å²) in [7, 11) is 0. The number of hydrogen-bond donors (Lipinski definition) is 1. The molecule has 186 valence electrons. The van der Waals surface area contributed by atoms with Crippen LogP contribution in [-0.4, -0.2) is 41.7 Å². The van der Waals surface area contributed by atoms with Gasteiger partial charge >= 0.3 is 0 Å². The van der Waals surface area contributed by atoms with E-state index in [0.717, 1.165) is 29.9 Å². The number of pyridine rings is 1. The van der Waals surface area contributed by atoms with Gasteiger partial charge in [0.05, 0.1) is 12.3 Å². The molecule has 4 aromatic rings. The minimum atomic E-state index is -0.171. The van der Waals surface area contributed by atoms with Crippen molar-refractivity contribution >= 4 is 11.6 Å². The van der Waals surface area contributed by atoms with Crippen LogP contribution >= 0.6 is 0 Å². The fourth-order valence-electron chi connectivity index (χ4n) is 4.69. The molecule has 1 amide bonds. The van der Waals surface area contributed by atoms with Crippen molar-refractivity contribution in [3.8, 4) is 11.5 Å². The molecule has 0 atom stereocenters. The zero-order valence-electron chi connectivity index (χ0n) is 20.5. The molecule has 0 bridgehead atoms. The molecule has 2 aromatic carbocycles. The first-order valence-corrected chi connectivity index (χ1v) is 12.4. The number of amides is 1. The summed E-state index contributed by atoms with van der Waals surface area (Å²) in [6.07, 6.45) is 5.60. The number of nitrogens with one attached hydrogen (secondary N) is 1. The van der Waals surface area contributed by atoms with Crippen molar-refractivity contribution in [2.75, 3.05) is 26.4 Å². The molecule has 36 heavy (non-hydrogen) atoms. The highest BCUT2D eigenvalue weighted by Crippen LogP contribution is 2.35. The van der Waals surface area contributed by atoms with Gasteiger partial charge in [-0.05, 0) is 67.8 Å². The second kappa shape index (κ2) is 10.8. The van der Waals surface area contributed by atoms with Crippen molar-refractivity contribution in [3.05, 3.63) is 95.9 Å². The summed E-state index contributed by atoms with van der Waals surface area (Å²) >= 11 is 0. The second-order valence-corrected chi connectivity index (χ2v) is 9.05. The predicted molar refractivity (Wildman–Crippen MR) is 138 cm³/mol. The lowest BCUT2D eigenvalue weighted by atomic mass is 9.74. The molecule has 7 heteroatoms. The molecule has 2 aromatic heterocycles.